The van der Waals surface area contributed by atoms with Gasteiger partial charge in [0, 0.05) is 24.2 Å². The van der Waals surface area contributed by atoms with Crippen LogP contribution in [0.3, 0.4) is 0 Å². The van der Waals surface area contributed by atoms with Gasteiger partial charge in [-0.25, -0.2) is 0 Å². The van der Waals surface area contributed by atoms with E-state index in [0.29, 0.717) is 18.0 Å². The third-order valence-electron chi connectivity index (χ3n) is 3.71. The van der Waals surface area contributed by atoms with Crippen LogP contribution in [0.25, 0.3) is 0 Å². The lowest BCUT2D eigenvalue weighted by Crippen LogP contribution is -2.38. The second-order valence-electron chi connectivity index (χ2n) is 5.44. The van der Waals surface area contributed by atoms with Crippen molar-refractivity contribution < 1.29 is 4.79 Å². The molecule has 20 heavy (non-hydrogen) atoms. The van der Waals surface area contributed by atoms with Gasteiger partial charge >= 0.3 is 0 Å². The Morgan fingerprint density at radius 3 is 2.55 bits per heavy atom. The lowest BCUT2D eigenvalue weighted by atomic mass is 10.0. The Morgan fingerprint density at radius 2 is 2.00 bits per heavy atom. The molecule has 1 aromatic rings. The molecule has 0 radical (unpaired) electrons. The molecule has 3 heteroatoms. The monoisotopic (exact) mass is 272 g/mol. The highest BCUT2D eigenvalue weighted by Crippen LogP contribution is 2.15. The first-order valence-electron chi connectivity index (χ1n) is 6.95. The predicted molar refractivity (Wildman–Crippen MR) is 83.5 cm³/mol. The van der Waals surface area contributed by atoms with E-state index >= 15 is 0 Å². The van der Waals surface area contributed by atoms with Crippen molar-refractivity contribution in [2.75, 3.05) is 13.6 Å². The van der Waals surface area contributed by atoms with Crippen LogP contribution in [-0.4, -0.2) is 30.4 Å². The number of hydrogen-bond acceptors (Lipinski definition) is 2. The first kappa shape index (κ1) is 16.3. The van der Waals surface area contributed by atoms with Crippen molar-refractivity contribution >= 4 is 5.91 Å². The average Bonchev–Trinajstić information content (AvgIpc) is 2.43. The lowest BCUT2D eigenvalue weighted by molar-refractivity contribution is 0.0707. The van der Waals surface area contributed by atoms with Gasteiger partial charge in [0.2, 0.25) is 0 Å². The van der Waals surface area contributed by atoms with Crippen molar-refractivity contribution in [2.45, 2.75) is 33.7 Å². The van der Waals surface area contributed by atoms with Crippen LogP contribution in [0.5, 0.6) is 0 Å². The van der Waals surface area contributed by atoms with E-state index in [1.54, 1.807) is 4.90 Å². The molecule has 0 saturated heterocycles. The van der Waals surface area contributed by atoms with Gasteiger partial charge in [-0.15, -0.1) is 0 Å². The summed E-state index contributed by atoms with van der Waals surface area (Å²) in [6.07, 6.45) is 0. The van der Waals surface area contributed by atoms with E-state index in [-0.39, 0.29) is 11.9 Å². The van der Waals surface area contributed by atoms with E-state index < -0.39 is 0 Å². The number of nitrogens with zero attached hydrogens (tertiary/aromatic N) is 1. The van der Waals surface area contributed by atoms with E-state index in [2.05, 4.69) is 32.6 Å². The molecule has 0 fully saturated rings. The Kier molecular flexibility index (Phi) is 5.79. The van der Waals surface area contributed by atoms with Crippen molar-refractivity contribution in [3.63, 3.8) is 0 Å². The molecule has 0 aliphatic heterocycles. The average molecular weight is 272 g/mol. The Labute approximate surface area is 122 Å². The van der Waals surface area contributed by atoms with E-state index in [9.17, 15) is 4.79 Å². The minimum atomic E-state index is 0.0296. The van der Waals surface area contributed by atoms with Crippen LogP contribution in [0, 0.1) is 24.7 Å². The van der Waals surface area contributed by atoms with Crippen molar-refractivity contribution in [1.82, 2.24) is 4.90 Å². The van der Waals surface area contributed by atoms with Crippen LogP contribution in [0.4, 0.5) is 0 Å². The van der Waals surface area contributed by atoms with Gasteiger partial charge in [-0.2, -0.15) is 0 Å². The fourth-order valence-electron chi connectivity index (χ4n) is 1.87. The summed E-state index contributed by atoms with van der Waals surface area (Å²) < 4.78 is 0. The van der Waals surface area contributed by atoms with Gasteiger partial charge in [0.15, 0.2) is 0 Å². The maximum Gasteiger partial charge on any atom is 0.253 e. The van der Waals surface area contributed by atoms with Gasteiger partial charge in [-0.1, -0.05) is 31.8 Å². The van der Waals surface area contributed by atoms with Crippen LogP contribution < -0.4 is 5.73 Å². The van der Waals surface area contributed by atoms with Crippen LogP contribution >= 0.6 is 0 Å². The standard InChI is InChI=1S/C17H24N2O/c1-12(2)14(4)19(5)17(20)16-9-8-13(3)15(11-16)7-6-10-18/h8-9,11-12,14H,10,18H2,1-5H3. The Hall–Kier alpha value is -1.79. The molecule has 3 nitrogen and oxygen atoms in total. The van der Waals surface area contributed by atoms with E-state index in [1.807, 2.05) is 32.2 Å². The number of carbonyl (C=O) groups excluding carboxylic acids is 1. The summed E-state index contributed by atoms with van der Waals surface area (Å²) in [4.78, 5) is 14.3. The first-order chi connectivity index (χ1) is 9.38. The molecule has 108 valence electrons. The second-order valence-corrected chi connectivity index (χ2v) is 5.44. The highest BCUT2D eigenvalue weighted by Gasteiger charge is 2.20. The summed E-state index contributed by atoms with van der Waals surface area (Å²) in [5.74, 6) is 6.30. The van der Waals surface area contributed by atoms with Crippen LogP contribution in [0.1, 0.15) is 42.3 Å². The zero-order valence-corrected chi connectivity index (χ0v) is 13.0. The molecular weight excluding hydrogens is 248 g/mol. The molecule has 1 aromatic carbocycles. The number of amides is 1. The third-order valence-corrected chi connectivity index (χ3v) is 3.71. The number of hydrogen-bond donors (Lipinski definition) is 1. The summed E-state index contributed by atoms with van der Waals surface area (Å²) in [5, 5.41) is 0. The molecule has 1 atom stereocenters. The molecule has 2 N–H and O–H groups in total. The summed E-state index contributed by atoms with van der Waals surface area (Å²) in [6, 6.07) is 5.84. The van der Waals surface area contributed by atoms with Crippen molar-refractivity contribution in [3.05, 3.63) is 34.9 Å². The fourth-order valence-corrected chi connectivity index (χ4v) is 1.87. The van der Waals surface area contributed by atoms with E-state index in [4.69, 9.17) is 5.73 Å². The van der Waals surface area contributed by atoms with Crippen LogP contribution in [-0.2, 0) is 0 Å². The molecular formula is C17H24N2O. The summed E-state index contributed by atoms with van der Waals surface area (Å²) in [5.41, 5.74) is 7.99. The van der Waals surface area contributed by atoms with Crippen LogP contribution in [0.15, 0.2) is 18.2 Å². The molecule has 0 bridgehead atoms. The Bertz CT molecular complexity index is 538. The highest BCUT2D eigenvalue weighted by molar-refractivity contribution is 5.94. The van der Waals surface area contributed by atoms with Gasteiger partial charge < -0.3 is 10.6 Å². The molecule has 0 aliphatic carbocycles. The number of rotatable bonds is 3. The van der Waals surface area contributed by atoms with Gasteiger partial charge in [-0.3, -0.25) is 4.79 Å². The zero-order valence-electron chi connectivity index (χ0n) is 13.0. The minimum Gasteiger partial charge on any atom is -0.339 e. The topological polar surface area (TPSA) is 46.3 Å². The maximum atomic E-state index is 12.5. The maximum absolute atomic E-state index is 12.5. The molecule has 0 spiro atoms. The highest BCUT2D eigenvalue weighted by atomic mass is 16.2. The fraction of sp³-hybridized carbons (Fsp3) is 0.471. The van der Waals surface area contributed by atoms with Crippen molar-refractivity contribution in [2.24, 2.45) is 11.7 Å². The van der Waals surface area contributed by atoms with Gasteiger partial charge in [-0.05, 0) is 37.5 Å². The lowest BCUT2D eigenvalue weighted by Gasteiger charge is -2.28. The van der Waals surface area contributed by atoms with Crippen molar-refractivity contribution in [1.29, 1.82) is 0 Å². The van der Waals surface area contributed by atoms with Crippen molar-refractivity contribution in [3.8, 4) is 11.8 Å². The van der Waals surface area contributed by atoms with Gasteiger partial charge in [0.05, 0.1) is 6.54 Å². The van der Waals surface area contributed by atoms with E-state index in [1.165, 1.54) is 0 Å². The largest absolute Gasteiger partial charge is 0.339 e. The molecule has 0 aromatic heterocycles. The molecule has 1 rings (SSSR count). The van der Waals surface area contributed by atoms with Crippen LogP contribution in [0.2, 0.25) is 0 Å². The third kappa shape index (κ3) is 3.85. The first-order valence-corrected chi connectivity index (χ1v) is 6.95. The predicted octanol–water partition coefficient (Wildman–Crippen LogP) is 2.42. The SMILES string of the molecule is Cc1ccc(C(=O)N(C)C(C)C(C)C)cc1C#CCN. The number of benzene rings is 1. The number of carbonyl (C=O) groups is 1. The Balaban J connectivity index is 3.05. The summed E-state index contributed by atoms with van der Waals surface area (Å²) >= 11 is 0. The molecule has 1 amide bonds. The number of aryl methyl sites for hydroxylation is 1. The minimum absolute atomic E-state index is 0.0296. The molecule has 0 saturated carbocycles. The summed E-state index contributed by atoms with van der Waals surface area (Å²) in [7, 11) is 1.85. The molecule has 0 heterocycles. The smallest absolute Gasteiger partial charge is 0.253 e. The second kappa shape index (κ2) is 7.12. The zero-order chi connectivity index (χ0) is 15.3. The Morgan fingerprint density at radius 1 is 1.35 bits per heavy atom. The molecule has 0 aliphatic rings. The molecule has 1 unspecified atom stereocenters. The van der Waals surface area contributed by atoms with Gasteiger partial charge in [0.1, 0.15) is 0 Å². The number of nitrogens with two attached hydrogens (primary N) is 1. The normalized spacial score (nSPS) is 11.8. The van der Waals surface area contributed by atoms with Gasteiger partial charge in [0.25, 0.3) is 5.91 Å². The van der Waals surface area contributed by atoms with E-state index in [0.717, 1.165) is 11.1 Å². The summed E-state index contributed by atoms with van der Waals surface area (Å²) in [6.45, 7) is 8.59. The quantitative estimate of drug-likeness (QED) is 0.859.